The van der Waals surface area contributed by atoms with Gasteiger partial charge in [0.2, 0.25) is 0 Å². The Bertz CT molecular complexity index is 606. The van der Waals surface area contributed by atoms with Crippen molar-refractivity contribution in [2.24, 2.45) is 4.99 Å². The second kappa shape index (κ2) is 7.67. The van der Waals surface area contributed by atoms with Gasteiger partial charge in [0.1, 0.15) is 5.75 Å². The van der Waals surface area contributed by atoms with E-state index in [1.807, 2.05) is 12.1 Å². The fourth-order valence-electron chi connectivity index (χ4n) is 3.34. The summed E-state index contributed by atoms with van der Waals surface area (Å²) in [6.45, 7) is 6.56. The van der Waals surface area contributed by atoms with Crippen molar-refractivity contribution in [3.8, 4) is 5.75 Å². The predicted octanol–water partition coefficient (Wildman–Crippen LogP) is 4.93. The van der Waals surface area contributed by atoms with Crippen LogP contribution in [0.1, 0.15) is 77.7 Å². The second-order valence-corrected chi connectivity index (χ2v) is 8.65. The van der Waals surface area contributed by atoms with Gasteiger partial charge in [0.15, 0.2) is 5.96 Å². The first kappa shape index (κ1) is 18.1. The van der Waals surface area contributed by atoms with Crippen molar-refractivity contribution in [3.05, 3.63) is 23.8 Å². The Morgan fingerprint density at radius 1 is 1.04 bits per heavy atom. The van der Waals surface area contributed by atoms with Gasteiger partial charge in [-0.1, -0.05) is 52.5 Å². The maximum Gasteiger partial charge on any atom is 0.196 e. The van der Waals surface area contributed by atoms with Gasteiger partial charge in [0.25, 0.3) is 0 Å². The third kappa shape index (κ3) is 5.38. The molecule has 2 saturated carbocycles. The Morgan fingerprint density at radius 2 is 1.72 bits per heavy atom. The van der Waals surface area contributed by atoms with Crippen LogP contribution in [0.15, 0.2) is 23.2 Å². The summed E-state index contributed by atoms with van der Waals surface area (Å²) in [6, 6.07) is 6.75. The molecule has 2 aliphatic rings. The number of phenolic OH excluding ortho intramolecular Hbond substituents is 1. The molecular formula is C21H33N3O. The van der Waals surface area contributed by atoms with Gasteiger partial charge in [-0.2, -0.15) is 0 Å². The normalized spacial score (nSPS) is 20.2. The van der Waals surface area contributed by atoms with Crippen molar-refractivity contribution in [3.63, 3.8) is 0 Å². The predicted molar refractivity (Wildman–Crippen MR) is 106 cm³/mol. The summed E-state index contributed by atoms with van der Waals surface area (Å²) in [4.78, 5) is 4.82. The number of nitrogens with one attached hydrogen (secondary N) is 2. The zero-order valence-corrected chi connectivity index (χ0v) is 15.9. The van der Waals surface area contributed by atoms with E-state index >= 15 is 0 Å². The van der Waals surface area contributed by atoms with Crippen LogP contribution in [0.2, 0.25) is 0 Å². The molecule has 0 amide bonds. The molecular weight excluding hydrogens is 310 g/mol. The molecule has 0 radical (unpaired) electrons. The van der Waals surface area contributed by atoms with Gasteiger partial charge in [-0.25, -0.2) is 4.99 Å². The van der Waals surface area contributed by atoms with E-state index in [0.717, 1.165) is 11.6 Å². The summed E-state index contributed by atoms with van der Waals surface area (Å²) in [5.41, 5.74) is 1.99. The third-order valence-corrected chi connectivity index (χ3v) is 5.17. The van der Waals surface area contributed by atoms with Crippen molar-refractivity contribution in [1.82, 2.24) is 5.32 Å². The molecule has 0 unspecified atom stereocenters. The number of phenols is 1. The zero-order chi connectivity index (χ0) is 17.9. The summed E-state index contributed by atoms with van der Waals surface area (Å²) in [5, 5.41) is 17.3. The van der Waals surface area contributed by atoms with Crippen LogP contribution in [0.25, 0.3) is 0 Å². The van der Waals surface area contributed by atoms with Crippen LogP contribution in [-0.4, -0.2) is 23.1 Å². The Hall–Kier alpha value is -1.71. The van der Waals surface area contributed by atoms with Crippen LogP contribution in [0, 0.1) is 0 Å². The van der Waals surface area contributed by atoms with Crippen LogP contribution in [-0.2, 0) is 5.41 Å². The highest BCUT2D eigenvalue weighted by Crippen LogP contribution is 2.31. The van der Waals surface area contributed by atoms with E-state index in [1.54, 1.807) is 6.07 Å². The Kier molecular flexibility index (Phi) is 5.55. The molecule has 0 aromatic heterocycles. The van der Waals surface area contributed by atoms with Crippen molar-refractivity contribution >= 4 is 11.6 Å². The number of guanidine groups is 1. The van der Waals surface area contributed by atoms with Crippen molar-refractivity contribution in [2.45, 2.75) is 89.6 Å². The molecule has 2 fully saturated rings. The lowest BCUT2D eigenvalue weighted by Gasteiger charge is -2.23. The van der Waals surface area contributed by atoms with Crippen molar-refractivity contribution in [1.29, 1.82) is 0 Å². The molecule has 0 saturated heterocycles. The number of aromatic hydroxyl groups is 1. The van der Waals surface area contributed by atoms with Gasteiger partial charge >= 0.3 is 0 Å². The lowest BCUT2D eigenvalue weighted by molar-refractivity contribution is 0.476. The molecule has 1 aromatic carbocycles. The average molecular weight is 344 g/mol. The molecule has 0 heterocycles. The molecule has 0 bridgehead atoms. The highest BCUT2D eigenvalue weighted by molar-refractivity contribution is 5.95. The maximum atomic E-state index is 10.3. The first-order valence-corrected chi connectivity index (χ1v) is 9.87. The smallest absolute Gasteiger partial charge is 0.196 e. The van der Waals surface area contributed by atoms with Crippen LogP contribution < -0.4 is 10.6 Å². The number of aliphatic imine (C=N–C) groups is 1. The molecule has 4 nitrogen and oxygen atoms in total. The molecule has 0 atom stereocenters. The van der Waals surface area contributed by atoms with E-state index in [-0.39, 0.29) is 11.2 Å². The molecule has 4 heteroatoms. The van der Waals surface area contributed by atoms with Gasteiger partial charge in [-0.3, -0.25) is 0 Å². The second-order valence-electron chi connectivity index (χ2n) is 8.65. The molecule has 0 aliphatic heterocycles. The van der Waals surface area contributed by atoms with Crippen LogP contribution in [0.4, 0.5) is 5.69 Å². The number of benzene rings is 1. The van der Waals surface area contributed by atoms with E-state index in [9.17, 15) is 5.11 Å². The van der Waals surface area contributed by atoms with E-state index in [2.05, 4.69) is 31.4 Å². The van der Waals surface area contributed by atoms with Gasteiger partial charge in [-0.15, -0.1) is 0 Å². The summed E-state index contributed by atoms with van der Waals surface area (Å²) in [5.74, 6) is 1.11. The van der Waals surface area contributed by atoms with Crippen LogP contribution in [0.3, 0.4) is 0 Å². The summed E-state index contributed by atoms with van der Waals surface area (Å²) in [7, 11) is 0. The summed E-state index contributed by atoms with van der Waals surface area (Å²) >= 11 is 0. The molecule has 3 N–H and O–H groups in total. The number of nitrogens with zero attached hydrogens (tertiary/aromatic N) is 1. The zero-order valence-electron chi connectivity index (χ0n) is 15.9. The molecule has 138 valence electrons. The molecule has 1 aromatic rings. The number of anilines is 1. The Morgan fingerprint density at radius 3 is 2.32 bits per heavy atom. The van der Waals surface area contributed by atoms with Crippen molar-refractivity contribution < 1.29 is 5.11 Å². The molecule has 0 spiro atoms. The van der Waals surface area contributed by atoms with Crippen LogP contribution >= 0.6 is 0 Å². The van der Waals surface area contributed by atoms with Crippen LogP contribution in [0.5, 0.6) is 5.75 Å². The average Bonchev–Trinajstić information content (AvgIpc) is 3.36. The topological polar surface area (TPSA) is 56.6 Å². The lowest BCUT2D eigenvalue weighted by atomic mass is 9.87. The minimum absolute atomic E-state index is 0.0483. The maximum absolute atomic E-state index is 10.3. The minimum atomic E-state index is 0.0483. The first-order chi connectivity index (χ1) is 11.9. The number of hydrogen-bond acceptors (Lipinski definition) is 2. The lowest BCUT2D eigenvalue weighted by Crippen LogP contribution is -2.39. The van der Waals surface area contributed by atoms with Gasteiger partial charge in [0.05, 0.1) is 11.7 Å². The van der Waals surface area contributed by atoms with Gasteiger partial charge in [0, 0.05) is 6.04 Å². The van der Waals surface area contributed by atoms with E-state index in [1.165, 1.54) is 56.9 Å². The quantitative estimate of drug-likeness (QED) is 0.315. The highest BCUT2D eigenvalue weighted by atomic mass is 16.3. The SMILES string of the molecule is CC(C)(C)c1ccc(O)c(NC(=NC2CC2)NC2CCCCCC2)c1. The first-order valence-electron chi connectivity index (χ1n) is 9.87. The van der Waals surface area contributed by atoms with Gasteiger partial charge in [-0.05, 0) is 48.8 Å². The molecule has 2 aliphatic carbocycles. The molecule has 25 heavy (non-hydrogen) atoms. The van der Waals surface area contributed by atoms with Gasteiger partial charge < -0.3 is 15.7 Å². The summed E-state index contributed by atoms with van der Waals surface area (Å²) in [6.07, 6.45) is 10.0. The molecule has 3 rings (SSSR count). The van der Waals surface area contributed by atoms with Crippen molar-refractivity contribution in [2.75, 3.05) is 5.32 Å². The third-order valence-electron chi connectivity index (χ3n) is 5.17. The van der Waals surface area contributed by atoms with E-state index in [4.69, 9.17) is 4.99 Å². The Labute approximate surface area is 152 Å². The highest BCUT2D eigenvalue weighted by Gasteiger charge is 2.23. The van der Waals surface area contributed by atoms with E-state index < -0.39 is 0 Å². The fraction of sp³-hybridized carbons (Fsp3) is 0.667. The minimum Gasteiger partial charge on any atom is -0.506 e. The summed E-state index contributed by atoms with van der Waals surface area (Å²) < 4.78 is 0. The van der Waals surface area contributed by atoms with E-state index in [0.29, 0.717) is 12.1 Å². The number of hydrogen-bond donors (Lipinski definition) is 3. The largest absolute Gasteiger partial charge is 0.506 e. The monoisotopic (exact) mass is 343 g/mol. The Balaban J connectivity index is 1.76. The number of rotatable bonds is 3. The standard InChI is InChI=1S/C21H33N3O/c1-21(2,3)15-10-13-19(25)18(14-15)24-20(23-17-11-12-17)22-16-8-6-4-5-7-9-16/h10,13-14,16-17,25H,4-9,11-12H2,1-3H3,(H2,22,23,24). The fourth-order valence-corrected chi connectivity index (χ4v) is 3.34.